The fourth-order valence-corrected chi connectivity index (χ4v) is 4.27. The molecule has 0 bridgehead atoms. The summed E-state index contributed by atoms with van der Waals surface area (Å²) in [5, 5.41) is 3.06. The molecule has 0 fully saturated rings. The standard InChI is InChI=1S/C27H30N2O3/c1-4-23(19-9-6-5-7-10-19)26(30)28-22-12-8-11-20(15-22)25-16-21-17-29(27(31)18(2)3)14-13-24(21)32-25/h5-12,15-16,18,23H,4,13-14,17H2,1-3H3,(H,28,30). The zero-order valence-electron chi connectivity index (χ0n) is 18.9. The van der Waals surface area contributed by atoms with Gasteiger partial charge in [-0.05, 0) is 30.2 Å². The van der Waals surface area contributed by atoms with Crippen LogP contribution < -0.4 is 5.32 Å². The highest BCUT2D eigenvalue weighted by Crippen LogP contribution is 2.31. The first-order valence-corrected chi connectivity index (χ1v) is 11.3. The molecule has 1 aliphatic rings. The van der Waals surface area contributed by atoms with Crippen LogP contribution in [0.25, 0.3) is 11.3 Å². The highest BCUT2D eigenvalue weighted by molar-refractivity contribution is 5.96. The van der Waals surface area contributed by atoms with Gasteiger partial charge < -0.3 is 14.6 Å². The second-order valence-corrected chi connectivity index (χ2v) is 8.67. The number of hydrogen-bond donors (Lipinski definition) is 1. The van der Waals surface area contributed by atoms with E-state index in [1.165, 1.54) is 0 Å². The van der Waals surface area contributed by atoms with Gasteiger partial charge in [-0.3, -0.25) is 9.59 Å². The molecule has 0 spiro atoms. The van der Waals surface area contributed by atoms with E-state index in [0.717, 1.165) is 46.7 Å². The van der Waals surface area contributed by atoms with E-state index in [0.29, 0.717) is 13.1 Å². The summed E-state index contributed by atoms with van der Waals surface area (Å²) in [4.78, 5) is 27.2. The summed E-state index contributed by atoms with van der Waals surface area (Å²) >= 11 is 0. The van der Waals surface area contributed by atoms with Crippen molar-refractivity contribution in [1.82, 2.24) is 4.90 Å². The molecule has 3 aromatic rings. The maximum absolute atomic E-state index is 12.9. The fraction of sp³-hybridized carbons (Fsp3) is 0.333. The van der Waals surface area contributed by atoms with E-state index in [4.69, 9.17) is 4.42 Å². The van der Waals surface area contributed by atoms with E-state index < -0.39 is 0 Å². The highest BCUT2D eigenvalue weighted by Gasteiger charge is 2.26. The number of furan rings is 1. The van der Waals surface area contributed by atoms with Crippen molar-refractivity contribution in [2.45, 2.75) is 46.1 Å². The number of hydrogen-bond acceptors (Lipinski definition) is 3. The van der Waals surface area contributed by atoms with Gasteiger partial charge in [0.25, 0.3) is 0 Å². The number of nitrogens with one attached hydrogen (secondary N) is 1. The van der Waals surface area contributed by atoms with Crippen LogP contribution in [-0.2, 0) is 22.6 Å². The first kappa shape index (κ1) is 21.9. The second kappa shape index (κ2) is 9.43. The Bertz CT molecular complexity index is 1100. The average molecular weight is 431 g/mol. The van der Waals surface area contributed by atoms with Gasteiger partial charge >= 0.3 is 0 Å². The first-order valence-electron chi connectivity index (χ1n) is 11.3. The molecule has 2 heterocycles. The van der Waals surface area contributed by atoms with Crippen molar-refractivity contribution in [2.75, 3.05) is 11.9 Å². The molecule has 1 unspecified atom stereocenters. The molecule has 2 aromatic carbocycles. The van der Waals surface area contributed by atoms with Gasteiger partial charge in [-0.25, -0.2) is 0 Å². The Kier molecular flexibility index (Phi) is 6.45. The minimum absolute atomic E-state index is 0.00829. The lowest BCUT2D eigenvalue weighted by molar-refractivity contribution is -0.135. The minimum atomic E-state index is -0.194. The number of rotatable bonds is 6. The van der Waals surface area contributed by atoms with Crippen molar-refractivity contribution < 1.29 is 14.0 Å². The Hall–Kier alpha value is -3.34. The third kappa shape index (κ3) is 4.62. The van der Waals surface area contributed by atoms with Gasteiger partial charge in [-0.15, -0.1) is 0 Å². The Morgan fingerprint density at radius 3 is 2.56 bits per heavy atom. The zero-order valence-corrected chi connectivity index (χ0v) is 18.9. The summed E-state index contributed by atoms with van der Waals surface area (Å²) < 4.78 is 6.13. The van der Waals surface area contributed by atoms with Crippen LogP contribution in [0.1, 0.15) is 50.0 Å². The van der Waals surface area contributed by atoms with Crippen LogP contribution in [0.5, 0.6) is 0 Å². The van der Waals surface area contributed by atoms with E-state index in [1.54, 1.807) is 0 Å². The van der Waals surface area contributed by atoms with Crippen LogP contribution in [0.2, 0.25) is 0 Å². The lowest BCUT2D eigenvalue weighted by Crippen LogP contribution is -2.37. The van der Waals surface area contributed by atoms with Crippen molar-refractivity contribution in [3.8, 4) is 11.3 Å². The van der Waals surface area contributed by atoms with Gasteiger partial charge in [0, 0.05) is 42.2 Å². The average Bonchev–Trinajstić information content (AvgIpc) is 3.23. The van der Waals surface area contributed by atoms with Crippen molar-refractivity contribution in [3.63, 3.8) is 0 Å². The van der Waals surface area contributed by atoms with Crippen molar-refractivity contribution >= 4 is 17.5 Å². The first-order chi connectivity index (χ1) is 15.5. The zero-order chi connectivity index (χ0) is 22.7. The van der Waals surface area contributed by atoms with Gasteiger partial charge in [0.05, 0.1) is 5.92 Å². The van der Waals surface area contributed by atoms with Gasteiger partial charge in [0.15, 0.2) is 0 Å². The molecule has 1 N–H and O–H groups in total. The van der Waals surface area contributed by atoms with Crippen molar-refractivity contribution in [3.05, 3.63) is 77.6 Å². The molecule has 4 rings (SSSR count). The third-order valence-corrected chi connectivity index (χ3v) is 6.01. The lowest BCUT2D eigenvalue weighted by Gasteiger charge is -2.27. The summed E-state index contributed by atoms with van der Waals surface area (Å²) in [5.74, 6) is 1.66. The van der Waals surface area contributed by atoms with Crippen LogP contribution in [0, 0.1) is 5.92 Å². The molecular weight excluding hydrogens is 400 g/mol. The molecule has 0 radical (unpaired) electrons. The van der Waals surface area contributed by atoms with Crippen LogP contribution in [0.15, 0.2) is 65.1 Å². The Morgan fingerprint density at radius 1 is 1.06 bits per heavy atom. The Morgan fingerprint density at radius 2 is 1.84 bits per heavy atom. The molecule has 1 aliphatic heterocycles. The predicted octanol–water partition coefficient (Wildman–Crippen LogP) is 5.62. The quantitative estimate of drug-likeness (QED) is 0.552. The number of amides is 2. The SMILES string of the molecule is CCC(C(=O)Nc1cccc(-c2cc3c(o2)CCN(C(=O)C(C)C)C3)c1)c1ccccc1. The summed E-state index contributed by atoms with van der Waals surface area (Å²) in [6.07, 6.45) is 1.45. The van der Waals surface area contributed by atoms with Gasteiger partial charge in [0.1, 0.15) is 11.5 Å². The maximum Gasteiger partial charge on any atom is 0.231 e. The fourth-order valence-electron chi connectivity index (χ4n) is 4.27. The summed E-state index contributed by atoms with van der Waals surface area (Å²) in [7, 11) is 0. The smallest absolute Gasteiger partial charge is 0.231 e. The monoisotopic (exact) mass is 430 g/mol. The predicted molar refractivity (Wildman–Crippen MR) is 126 cm³/mol. The molecular formula is C27H30N2O3. The van der Waals surface area contributed by atoms with E-state index in [9.17, 15) is 9.59 Å². The van der Waals surface area contributed by atoms with E-state index in [1.807, 2.05) is 86.3 Å². The minimum Gasteiger partial charge on any atom is -0.461 e. The van der Waals surface area contributed by atoms with Crippen LogP contribution in [-0.4, -0.2) is 23.3 Å². The second-order valence-electron chi connectivity index (χ2n) is 8.67. The van der Waals surface area contributed by atoms with Crippen molar-refractivity contribution in [2.24, 2.45) is 5.92 Å². The topological polar surface area (TPSA) is 62.6 Å². The molecule has 166 valence electrons. The molecule has 0 saturated heterocycles. The van der Waals surface area contributed by atoms with Crippen LogP contribution >= 0.6 is 0 Å². The molecule has 1 aromatic heterocycles. The van der Waals surface area contributed by atoms with Crippen LogP contribution in [0.3, 0.4) is 0 Å². The molecule has 2 amide bonds. The van der Waals surface area contributed by atoms with Gasteiger partial charge in [-0.1, -0.05) is 63.2 Å². The highest BCUT2D eigenvalue weighted by atomic mass is 16.3. The van der Waals surface area contributed by atoms with E-state index >= 15 is 0 Å². The number of anilines is 1. The number of fused-ring (bicyclic) bond motifs is 1. The molecule has 0 saturated carbocycles. The molecule has 5 nitrogen and oxygen atoms in total. The number of carbonyl (C=O) groups is 2. The largest absolute Gasteiger partial charge is 0.461 e. The lowest BCUT2D eigenvalue weighted by atomic mass is 9.95. The summed E-state index contributed by atoms with van der Waals surface area (Å²) in [6, 6.07) is 19.6. The number of carbonyl (C=O) groups excluding carboxylic acids is 2. The molecule has 1 atom stereocenters. The van der Waals surface area contributed by atoms with Crippen LogP contribution in [0.4, 0.5) is 5.69 Å². The maximum atomic E-state index is 12.9. The Labute approximate surface area is 189 Å². The molecule has 5 heteroatoms. The van der Waals surface area contributed by atoms with Crippen molar-refractivity contribution in [1.29, 1.82) is 0 Å². The van der Waals surface area contributed by atoms with E-state index in [2.05, 4.69) is 5.32 Å². The summed E-state index contributed by atoms with van der Waals surface area (Å²) in [5.41, 5.74) is 3.73. The molecule has 0 aliphatic carbocycles. The van der Waals surface area contributed by atoms with E-state index in [-0.39, 0.29) is 23.7 Å². The van der Waals surface area contributed by atoms with Gasteiger partial charge in [0.2, 0.25) is 11.8 Å². The number of benzene rings is 2. The normalized spacial score (nSPS) is 14.2. The van der Waals surface area contributed by atoms with Gasteiger partial charge in [-0.2, -0.15) is 0 Å². The third-order valence-electron chi connectivity index (χ3n) is 6.01. The molecule has 32 heavy (non-hydrogen) atoms. The number of nitrogens with zero attached hydrogens (tertiary/aromatic N) is 1. The summed E-state index contributed by atoms with van der Waals surface area (Å²) in [6.45, 7) is 7.15. The Balaban J connectivity index is 1.51.